The highest BCUT2D eigenvalue weighted by Crippen LogP contribution is 2.15. The van der Waals surface area contributed by atoms with Gasteiger partial charge < -0.3 is 25.4 Å². The first kappa shape index (κ1) is 27.3. The molecule has 4 N–H and O–H groups in total. The van der Waals surface area contributed by atoms with E-state index in [0.29, 0.717) is 30.3 Å². The summed E-state index contributed by atoms with van der Waals surface area (Å²) in [4.78, 5) is 23.2. The molecule has 0 spiro atoms. The highest BCUT2D eigenvalue weighted by Gasteiger charge is 2.11. The van der Waals surface area contributed by atoms with Crippen LogP contribution in [0, 0.1) is 18.3 Å². The number of aliphatic hydroxyl groups excluding tert-OH is 1. The van der Waals surface area contributed by atoms with Crippen molar-refractivity contribution in [3.8, 4) is 11.9 Å². The van der Waals surface area contributed by atoms with E-state index in [1.165, 1.54) is 5.56 Å². The molecule has 33 heavy (non-hydrogen) atoms. The molecule has 0 saturated carbocycles. The van der Waals surface area contributed by atoms with Gasteiger partial charge in [-0.1, -0.05) is 30.3 Å². The van der Waals surface area contributed by atoms with Crippen molar-refractivity contribution in [2.75, 3.05) is 13.2 Å². The Kier molecular flexibility index (Phi) is 12.5. The predicted octanol–water partition coefficient (Wildman–Crippen LogP) is 2.32. The van der Waals surface area contributed by atoms with Crippen LogP contribution in [0.1, 0.15) is 30.0 Å². The molecule has 9 heteroatoms. The van der Waals surface area contributed by atoms with E-state index < -0.39 is 18.0 Å². The van der Waals surface area contributed by atoms with Crippen LogP contribution in [0.4, 0.5) is 0 Å². The van der Waals surface area contributed by atoms with E-state index in [9.17, 15) is 14.7 Å². The number of aliphatic carboxylic acids is 2. The van der Waals surface area contributed by atoms with Crippen LogP contribution in [-0.2, 0) is 16.0 Å². The number of aliphatic hydroxyl groups is 1. The molecule has 176 valence electrons. The standard InChI is InChI=1S/C20H25N3O2.C4H4O4/c1-15-10-18(11-21)20(23-12-15)25-14-19(24)13-22-16(2)8-9-17-6-4-3-5-7-17;5-3(6)1-2-4(7)8/h3-7,10,12,16,19,22,24H,8-9,13-14H2,1-2H3;1-2H,(H,5,6)(H,7,8). The second-order valence-electron chi connectivity index (χ2n) is 7.29. The van der Waals surface area contributed by atoms with Crippen LogP contribution in [0.2, 0.25) is 0 Å². The van der Waals surface area contributed by atoms with E-state index in [0.717, 1.165) is 18.4 Å². The van der Waals surface area contributed by atoms with Gasteiger partial charge in [0.05, 0.1) is 0 Å². The molecule has 0 amide bonds. The second kappa shape index (κ2) is 15.1. The van der Waals surface area contributed by atoms with Crippen molar-refractivity contribution in [3.63, 3.8) is 0 Å². The number of benzene rings is 1. The number of carboxylic acids is 2. The predicted molar refractivity (Wildman–Crippen MR) is 122 cm³/mol. The largest absolute Gasteiger partial charge is 0.478 e. The van der Waals surface area contributed by atoms with Crippen LogP contribution in [0.25, 0.3) is 0 Å². The number of nitrogens with one attached hydrogen (secondary N) is 1. The molecule has 2 aromatic rings. The smallest absolute Gasteiger partial charge is 0.328 e. The third-order valence-electron chi connectivity index (χ3n) is 4.30. The molecule has 1 aromatic heterocycles. The van der Waals surface area contributed by atoms with Crippen molar-refractivity contribution < 1.29 is 29.6 Å². The number of hydrogen-bond acceptors (Lipinski definition) is 7. The molecule has 0 saturated heterocycles. The van der Waals surface area contributed by atoms with Gasteiger partial charge in [0.25, 0.3) is 0 Å². The van der Waals surface area contributed by atoms with Gasteiger partial charge in [0.2, 0.25) is 5.88 Å². The van der Waals surface area contributed by atoms with Crippen molar-refractivity contribution in [1.29, 1.82) is 5.26 Å². The Morgan fingerprint density at radius 2 is 1.85 bits per heavy atom. The van der Waals surface area contributed by atoms with E-state index in [2.05, 4.69) is 35.4 Å². The minimum atomic E-state index is -1.26. The summed E-state index contributed by atoms with van der Waals surface area (Å²) >= 11 is 0. The number of nitriles is 1. The Hall–Kier alpha value is -3.74. The van der Waals surface area contributed by atoms with Gasteiger partial charge in [0, 0.05) is 30.9 Å². The van der Waals surface area contributed by atoms with Gasteiger partial charge >= 0.3 is 11.9 Å². The summed E-state index contributed by atoms with van der Waals surface area (Å²) in [6.07, 6.45) is 4.10. The van der Waals surface area contributed by atoms with Gasteiger partial charge in [0.1, 0.15) is 24.3 Å². The first-order chi connectivity index (χ1) is 15.7. The van der Waals surface area contributed by atoms with Gasteiger partial charge in [0.15, 0.2) is 0 Å². The zero-order valence-electron chi connectivity index (χ0n) is 18.6. The first-order valence-electron chi connectivity index (χ1n) is 10.3. The number of pyridine rings is 1. The van der Waals surface area contributed by atoms with Crippen LogP contribution in [-0.4, -0.2) is 57.5 Å². The van der Waals surface area contributed by atoms with Gasteiger partial charge in [-0.25, -0.2) is 14.6 Å². The lowest BCUT2D eigenvalue weighted by atomic mass is 10.1. The molecule has 1 heterocycles. The van der Waals surface area contributed by atoms with Crippen molar-refractivity contribution >= 4 is 11.9 Å². The molecule has 9 nitrogen and oxygen atoms in total. The van der Waals surface area contributed by atoms with E-state index in [-0.39, 0.29) is 12.5 Å². The quantitative estimate of drug-likeness (QED) is 0.374. The van der Waals surface area contributed by atoms with E-state index in [1.54, 1.807) is 12.3 Å². The molecule has 0 radical (unpaired) electrons. The molecule has 0 aliphatic rings. The van der Waals surface area contributed by atoms with E-state index in [4.69, 9.17) is 20.2 Å². The Labute approximate surface area is 193 Å². The third-order valence-corrected chi connectivity index (χ3v) is 4.30. The average Bonchev–Trinajstić information content (AvgIpc) is 2.80. The summed E-state index contributed by atoms with van der Waals surface area (Å²) in [6.45, 7) is 4.51. The molecule has 2 atom stereocenters. The minimum absolute atomic E-state index is 0.100. The van der Waals surface area contributed by atoms with E-state index in [1.807, 2.05) is 25.1 Å². The minimum Gasteiger partial charge on any atom is -0.478 e. The summed E-state index contributed by atoms with van der Waals surface area (Å²) in [5.41, 5.74) is 2.60. The number of aryl methyl sites for hydroxylation is 2. The van der Waals surface area contributed by atoms with Crippen LogP contribution in [0.15, 0.2) is 54.7 Å². The fourth-order valence-electron chi connectivity index (χ4n) is 2.60. The second-order valence-corrected chi connectivity index (χ2v) is 7.29. The van der Waals surface area contributed by atoms with Gasteiger partial charge in [-0.15, -0.1) is 0 Å². The maximum Gasteiger partial charge on any atom is 0.328 e. The molecule has 1 aromatic carbocycles. The molecule has 0 bridgehead atoms. The SMILES string of the molecule is Cc1cnc(OCC(O)CNC(C)CCc2ccccc2)c(C#N)c1.O=C(O)C=CC(=O)O. The molecule has 0 fully saturated rings. The number of rotatable bonds is 11. The fourth-order valence-corrected chi connectivity index (χ4v) is 2.60. The fraction of sp³-hybridized carbons (Fsp3) is 0.333. The lowest BCUT2D eigenvalue weighted by Gasteiger charge is -2.17. The number of carboxylic acid groups (broad SMARTS) is 2. The number of ether oxygens (including phenoxy) is 1. The van der Waals surface area contributed by atoms with Crippen LogP contribution < -0.4 is 10.1 Å². The lowest BCUT2D eigenvalue weighted by Crippen LogP contribution is -2.36. The Morgan fingerprint density at radius 1 is 1.21 bits per heavy atom. The van der Waals surface area contributed by atoms with Gasteiger partial charge in [-0.3, -0.25) is 0 Å². The first-order valence-corrected chi connectivity index (χ1v) is 10.3. The Morgan fingerprint density at radius 3 is 2.42 bits per heavy atom. The Bertz CT molecular complexity index is 940. The van der Waals surface area contributed by atoms with Crippen molar-refractivity contribution in [2.24, 2.45) is 0 Å². The van der Waals surface area contributed by atoms with Gasteiger partial charge in [-0.2, -0.15) is 5.26 Å². The van der Waals surface area contributed by atoms with E-state index >= 15 is 0 Å². The maximum atomic E-state index is 10.1. The van der Waals surface area contributed by atoms with Crippen LogP contribution in [0.5, 0.6) is 5.88 Å². The average molecular weight is 456 g/mol. The highest BCUT2D eigenvalue weighted by molar-refractivity contribution is 5.89. The van der Waals surface area contributed by atoms with Gasteiger partial charge in [-0.05, 0) is 43.9 Å². The number of hydrogen-bond donors (Lipinski definition) is 4. The molecular weight excluding hydrogens is 426 g/mol. The summed E-state index contributed by atoms with van der Waals surface area (Å²) in [6, 6.07) is 14.4. The van der Waals surface area contributed by atoms with Crippen molar-refractivity contribution in [2.45, 2.75) is 38.8 Å². The van der Waals surface area contributed by atoms with Crippen molar-refractivity contribution in [1.82, 2.24) is 10.3 Å². The maximum absolute atomic E-state index is 10.1. The summed E-state index contributed by atoms with van der Waals surface area (Å²) < 4.78 is 5.48. The highest BCUT2D eigenvalue weighted by atomic mass is 16.5. The molecule has 2 unspecified atom stereocenters. The van der Waals surface area contributed by atoms with Crippen molar-refractivity contribution in [3.05, 3.63) is 71.4 Å². The Balaban J connectivity index is 0.000000582. The number of carbonyl (C=O) groups is 2. The molecule has 0 aliphatic carbocycles. The molecule has 2 rings (SSSR count). The summed E-state index contributed by atoms with van der Waals surface area (Å²) in [5, 5.41) is 38.1. The lowest BCUT2D eigenvalue weighted by molar-refractivity contribution is -0.134. The topological polar surface area (TPSA) is 153 Å². The normalized spacial score (nSPS) is 12.2. The number of nitrogens with zero attached hydrogens (tertiary/aromatic N) is 2. The summed E-state index contributed by atoms with van der Waals surface area (Å²) in [5.74, 6) is -2.25. The zero-order valence-corrected chi connectivity index (χ0v) is 18.6. The van der Waals surface area contributed by atoms with Crippen LogP contribution >= 0.6 is 0 Å². The molecular formula is C24H29N3O6. The van der Waals surface area contributed by atoms with Crippen LogP contribution in [0.3, 0.4) is 0 Å². The third kappa shape index (κ3) is 12.6. The summed E-state index contributed by atoms with van der Waals surface area (Å²) in [7, 11) is 0. The molecule has 0 aliphatic heterocycles. The zero-order chi connectivity index (χ0) is 24.6. The monoisotopic (exact) mass is 455 g/mol. The number of aromatic nitrogens is 1.